The molecule has 1 heterocycles. The zero-order chi connectivity index (χ0) is 5.98. The maximum atomic E-state index is 11.7. The molecule has 0 spiro atoms. The van der Waals surface area contributed by atoms with Gasteiger partial charge in [0.25, 0.3) is 0 Å². The highest BCUT2D eigenvalue weighted by molar-refractivity contribution is 5.82. The number of nitrogens with zero attached hydrogens (tertiary/aromatic N) is 1. The third kappa shape index (κ3) is 0.967. The van der Waals surface area contributed by atoms with Gasteiger partial charge in [0.15, 0.2) is 6.10 Å². The average molecular weight is 117 g/mol. The molecule has 1 aliphatic heterocycles. The Morgan fingerprint density at radius 1 is 2.00 bits per heavy atom. The Kier molecular flexibility index (Phi) is 1.46. The maximum Gasteiger partial charge on any atom is 0.161 e. The molecule has 0 aromatic rings. The van der Waals surface area contributed by atoms with Crippen molar-refractivity contribution in [1.82, 2.24) is 0 Å². The second-order valence-electron chi connectivity index (χ2n) is 1.91. The van der Waals surface area contributed by atoms with Crippen LogP contribution >= 0.6 is 0 Å². The fourth-order valence-electron chi connectivity index (χ4n) is 0.651. The van der Waals surface area contributed by atoms with E-state index in [1.54, 1.807) is 0 Å². The summed E-state index contributed by atoms with van der Waals surface area (Å²) in [6, 6.07) is 0. The molecule has 0 N–H and O–H groups in total. The van der Waals surface area contributed by atoms with Crippen molar-refractivity contribution in [3.63, 3.8) is 0 Å². The van der Waals surface area contributed by atoms with Gasteiger partial charge in [-0.15, -0.1) is 0 Å². The molecule has 0 bridgehead atoms. The molecule has 3 heteroatoms. The molecular formula is C5H8FNO. The van der Waals surface area contributed by atoms with E-state index in [1.807, 2.05) is 6.92 Å². The molecule has 0 aromatic heterocycles. The summed E-state index contributed by atoms with van der Waals surface area (Å²) in [5.74, 6) is 0. The lowest BCUT2D eigenvalue weighted by molar-refractivity contribution is 0.0656. The molecule has 1 rings (SSSR count). The summed E-state index contributed by atoms with van der Waals surface area (Å²) < 4.78 is 11.7. The highest BCUT2D eigenvalue weighted by atomic mass is 19.1. The summed E-state index contributed by atoms with van der Waals surface area (Å²) in [6.45, 7) is 1.40. The summed E-state index contributed by atoms with van der Waals surface area (Å²) in [4.78, 5) is 4.63. The van der Waals surface area contributed by atoms with Gasteiger partial charge in [0.2, 0.25) is 0 Å². The van der Waals surface area contributed by atoms with Crippen LogP contribution in [-0.2, 0) is 4.84 Å². The van der Waals surface area contributed by atoms with Crippen LogP contribution in [0.15, 0.2) is 5.16 Å². The highest BCUT2D eigenvalue weighted by Gasteiger charge is 2.16. The SMILES string of the molecule is CC1=NOC(CF)C1. The van der Waals surface area contributed by atoms with E-state index in [0.717, 1.165) is 5.71 Å². The van der Waals surface area contributed by atoms with Gasteiger partial charge in [0.05, 0.1) is 5.71 Å². The van der Waals surface area contributed by atoms with E-state index in [-0.39, 0.29) is 6.10 Å². The Morgan fingerprint density at radius 3 is 3.00 bits per heavy atom. The van der Waals surface area contributed by atoms with Gasteiger partial charge in [-0.2, -0.15) is 0 Å². The van der Waals surface area contributed by atoms with Crippen LogP contribution in [0.1, 0.15) is 13.3 Å². The third-order valence-corrected chi connectivity index (χ3v) is 1.05. The number of hydrogen-bond donors (Lipinski definition) is 0. The van der Waals surface area contributed by atoms with Crippen LogP contribution < -0.4 is 0 Å². The Bertz CT molecular complexity index is 113. The highest BCUT2D eigenvalue weighted by Crippen LogP contribution is 2.09. The lowest BCUT2D eigenvalue weighted by Gasteiger charge is -1.97. The number of halogens is 1. The van der Waals surface area contributed by atoms with Crippen molar-refractivity contribution in [2.24, 2.45) is 5.16 Å². The molecule has 0 amide bonds. The van der Waals surface area contributed by atoms with E-state index in [0.29, 0.717) is 6.42 Å². The second kappa shape index (κ2) is 2.11. The fraction of sp³-hybridized carbons (Fsp3) is 0.800. The van der Waals surface area contributed by atoms with Crippen LogP contribution in [0, 0.1) is 0 Å². The Labute approximate surface area is 47.3 Å². The molecule has 8 heavy (non-hydrogen) atoms. The molecule has 1 aliphatic rings. The topological polar surface area (TPSA) is 21.6 Å². The van der Waals surface area contributed by atoms with Gasteiger partial charge in [-0.3, -0.25) is 0 Å². The van der Waals surface area contributed by atoms with E-state index >= 15 is 0 Å². The fourth-order valence-corrected chi connectivity index (χ4v) is 0.651. The third-order valence-electron chi connectivity index (χ3n) is 1.05. The van der Waals surface area contributed by atoms with E-state index < -0.39 is 6.67 Å². The molecule has 0 fully saturated rings. The van der Waals surface area contributed by atoms with Crippen LogP contribution in [0.3, 0.4) is 0 Å². The predicted octanol–water partition coefficient (Wildman–Crippen LogP) is 1.12. The van der Waals surface area contributed by atoms with E-state index in [4.69, 9.17) is 0 Å². The number of hydrogen-bond acceptors (Lipinski definition) is 2. The van der Waals surface area contributed by atoms with E-state index in [1.165, 1.54) is 0 Å². The molecule has 0 aromatic carbocycles. The number of alkyl halides is 1. The first kappa shape index (κ1) is 5.54. The van der Waals surface area contributed by atoms with Gasteiger partial charge in [-0.05, 0) is 6.92 Å². The zero-order valence-corrected chi connectivity index (χ0v) is 4.72. The summed E-state index contributed by atoms with van der Waals surface area (Å²) >= 11 is 0. The van der Waals surface area contributed by atoms with Crippen molar-refractivity contribution >= 4 is 5.71 Å². The number of oxime groups is 1. The van der Waals surface area contributed by atoms with Gasteiger partial charge in [-0.1, -0.05) is 5.16 Å². The smallest absolute Gasteiger partial charge is 0.161 e. The quantitative estimate of drug-likeness (QED) is 0.504. The standard InChI is InChI=1S/C5H8FNO/c1-4-2-5(3-6)8-7-4/h5H,2-3H2,1H3. The van der Waals surface area contributed by atoms with Crippen LogP contribution in [0.4, 0.5) is 4.39 Å². The molecule has 0 radical (unpaired) electrons. The normalized spacial score (nSPS) is 27.2. The van der Waals surface area contributed by atoms with Crippen molar-refractivity contribution in [1.29, 1.82) is 0 Å². The monoisotopic (exact) mass is 117 g/mol. The van der Waals surface area contributed by atoms with E-state index in [9.17, 15) is 4.39 Å². The first-order valence-corrected chi connectivity index (χ1v) is 2.58. The van der Waals surface area contributed by atoms with Crippen LogP contribution in [0.25, 0.3) is 0 Å². The second-order valence-corrected chi connectivity index (χ2v) is 1.91. The van der Waals surface area contributed by atoms with Crippen LogP contribution in [0.5, 0.6) is 0 Å². The lowest BCUT2D eigenvalue weighted by Crippen LogP contribution is -2.08. The van der Waals surface area contributed by atoms with Gasteiger partial charge in [-0.25, -0.2) is 4.39 Å². The molecule has 0 saturated carbocycles. The van der Waals surface area contributed by atoms with Crippen molar-refractivity contribution in [3.05, 3.63) is 0 Å². The average Bonchev–Trinajstić information content (AvgIpc) is 2.14. The zero-order valence-electron chi connectivity index (χ0n) is 4.72. The molecule has 0 saturated heterocycles. The first-order chi connectivity index (χ1) is 3.83. The minimum Gasteiger partial charge on any atom is -0.389 e. The van der Waals surface area contributed by atoms with Crippen molar-refractivity contribution in [3.8, 4) is 0 Å². The minimum atomic E-state index is -0.430. The molecule has 46 valence electrons. The first-order valence-electron chi connectivity index (χ1n) is 2.58. The molecule has 1 unspecified atom stereocenters. The van der Waals surface area contributed by atoms with Gasteiger partial charge in [0.1, 0.15) is 6.67 Å². The molecule has 0 aliphatic carbocycles. The van der Waals surface area contributed by atoms with Crippen LogP contribution in [-0.4, -0.2) is 18.5 Å². The predicted molar refractivity (Wildman–Crippen MR) is 28.6 cm³/mol. The Morgan fingerprint density at radius 2 is 2.75 bits per heavy atom. The summed E-state index contributed by atoms with van der Waals surface area (Å²) in [5, 5.41) is 3.57. The summed E-state index contributed by atoms with van der Waals surface area (Å²) in [5.41, 5.74) is 0.882. The van der Waals surface area contributed by atoms with E-state index in [2.05, 4.69) is 9.99 Å². The van der Waals surface area contributed by atoms with Crippen molar-refractivity contribution in [2.75, 3.05) is 6.67 Å². The largest absolute Gasteiger partial charge is 0.389 e. The maximum absolute atomic E-state index is 11.7. The molecule has 2 nitrogen and oxygen atoms in total. The van der Waals surface area contributed by atoms with Crippen molar-refractivity contribution < 1.29 is 9.23 Å². The van der Waals surface area contributed by atoms with Crippen LogP contribution in [0.2, 0.25) is 0 Å². The molecule has 1 atom stereocenters. The van der Waals surface area contributed by atoms with Gasteiger partial charge < -0.3 is 4.84 Å². The van der Waals surface area contributed by atoms with Gasteiger partial charge >= 0.3 is 0 Å². The Balaban J connectivity index is 2.32. The minimum absolute atomic E-state index is 0.296. The molecular weight excluding hydrogens is 109 g/mol. The lowest BCUT2D eigenvalue weighted by atomic mass is 10.2. The van der Waals surface area contributed by atoms with Gasteiger partial charge in [0, 0.05) is 6.42 Å². The van der Waals surface area contributed by atoms with Crippen molar-refractivity contribution in [2.45, 2.75) is 19.4 Å². The summed E-state index contributed by atoms with van der Waals surface area (Å²) in [7, 11) is 0. The Hall–Kier alpha value is -0.600. The summed E-state index contributed by atoms with van der Waals surface area (Å²) in [6.07, 6.45) is 0.353. The number of rotatable bonds is 1.